The Balaban J connectivity index is 1.40. The van der Waals surface area contributed by atoms with Crippen LogP contribution in [-0.4, -0.2) is 51.5 Å². The maximum Gasteiger partial charge on any atom is 0.336 e. The second-order valence-corrected chi connectivity index (χ2v) is 12.4. The average Bonchev–Trinajstić information content (AvgIpc) is 3.15. The van der Waals surface area contributed by atoms with E-state index in [1.807, 2.05) is 13.8 Å². The van der Waals surface area contributed by atoms with E-state index in [0.717, 1.165) is 37.7 Å². The lowest BCUT2D eigenvalue weighted by Gasteiger charge is -2.62. The van der Waals surface area contributed by atoms with Gasteiger partial charge in [0, 0.05) is 6.42 Å². The summed E-state index contributed by atoms with van der Waals surface area (Å²) < 4.78 is 5.82. The van der Waals surface area contributed by atoms with Crippen LogP contribution >= 0.6 is 0 Å². The Morgan fingerprint density at radius 1 is 1.12 bits per heavy atom. The molecule has 1 heterocycles. The predicted molar refractivity (Wildman–Crippen MR) is 126 cm³/mol. The van der Waals surface area contributed by atoms with Crippen LogP contribution in [0.5, 0.6) is 0 Å². The lowest BCUT2D eigenvalue weighted by Crippen LogP contribution is -2.68. The van der Waals surface area contributed by atoms with Gasteiger partial charge >= 0.3 is 5.97 Å². The van der Waals surface area contributed by atoms with E-state index in [1.165, 1.54) is 12.2 Å². The van der Waals surface area contributed by atoms with Crippen molar-refractivity contribution in [1.82, 2.24) is 0 Å². The van der Waals surface area contributed by atoms with Gasteiger partial charge in [0.2, 0.25) is 0 Å². The molecule has 4 aliphatic carbocycles. The quantitative estimate of drug-likeness (QED) is 0.545. The molecular formula is C28H40O6. The van der Waals surface area contributed by atoms with Gasteiger partial charge in [-0.1, -0.05) is 19.4 Å². The first kappa shape index (κ1) is 24.2. The summed E-state index contributed by atoms with van der Waals surface area (Å²) in [5, 5.41) is 31.7. The fourth-order valence-corrected chi connectivity index (χ4v) is 9.24. The van der Waals surface area contributed by atoms with Gasteiger partial charge in [-0.2, -0.15) is 0 Å². The van der Waals surface area contributed by atoms with Crippen molar-refractivity contribution in [3.8, 4) is 0 Å². The number of carbonyl (C=O) groups excluding carboxylic acids is 2. The zero-order valence-electron chi connectivity index (χ0n) is 20.9. The number of allylic oxidation sites excluding steroid dienone is 1. The number of aliphatic hydroxyl groups is 3. The van der Waals surface area contributed by atoms with Crippen LogP contribution in [0, 0.1) is 40.4 Å². The lowest BCUT2D eigenvalue weighted by molar-refractivity contribution is -0.217. The van der Waals surface area contributed by atoms with Gasteiger partial charge in [-0.15, -0.1) is 0 Å². The highest BCUT2D eigenvalue weighted by Crippen LogP contribution is 2.68. The largest absolute Gasteiger partial charge is 0.458 e. The van der Waals surface area contributed by atoms with E-state index in [2.05, 4.69) is 13.8 Å². The van der Waals surface area contributed by atoms with Gasteiger partial charge in [-0.3, -0.25) is 4.79 Å². The van der Waals surface area contributed by atoms with Gasteiger partial charge in [-0.05, 0) is 99.5 Å². The van der Waals surface area contributed by atoms with Gasteiger partial charge < -0.3 is 20.1 Å². The molecule has 188 valence electrons. The SMILES string of the molecule is CC1=C(CO)C(=O)O[C@@H]([C@@H](C)[C@H]2CCC3C4CC[C@]5(O)[C@@H](O)C=CC(=O)[C@]5(C)C4CC[C@@]32C)C1. The standard InChI is InChI=1S/C28H40O6/c1-15-13-22(34-25(32)18(15)14-29)16(2)19-5-6-20-17-9-12-28(33)24(31)8-7-23(30)27(28,4)21(17)10-11-26(19,20)3/h7-8,16-17,19-22,24,29,31,33H,5-6,9-14H2,1-4H3/t16-,17?,19+,20?,21?,22+,24-,26+,27-,28-/m0/s1. The minimum Gasteiger partial charge on any atom is -0.458 e. The first-order chi connectivity index (χ1) is 16.0. The number of cyclic esters (lactones) is 1. The summed E-state index contributed by atoms with van der Waals surface area (Å²) in [6, 6.07) is 0. The Hall–Kier alpha value is -1.50. The third-order valence-corrected chi connectivity index (χ3v) is 11.3. The zero-order valence-corrected chi connectivity index (χ0v) is 20.9. The number of carbonyl (C=O) groups is 2. The Morgan fingerprint density at radius 2 is 1.85 bits per heavy atom. The number of ether oxygens (including phenoxy) is 1. The van der Waals surface area contributed by atoms with Crippen molar-refractivity contribution in [3.63, 3.8) is 0 Å². The fraction of sp³-hybridized carbons (Fsp3) is 0.786. The van der Waals surface area contributed by atoms with E-state index in [0.29, 0.717) is 36.2 Å². The van der Waals surface area contributed by atoms with Crippen molar-refractivity contribution in [2.24, 2.45) is 40.4 Å². The van der Waals surface area contributed by atoms with E-state index >= 15 is 0 Å². The van der Waals surface area contributed by atoms with Crippen molar-refractivity contribution in [3.05, 3.63) is 23.3 Å². The maximum atomic E-state index is 13.2. The van der Waals surface area contributed by atoms with Gasteiger partial charge in [0.1, 0.15) is 17.8 Å². The number of hydrogen-bond donors (Lipinski definition) is 3. The first-order valence-corrected chi connectivity index (χ1v) is 13.1. The van der Waals surface area contributed by atoms with E-state index in [1.54, 1.807) is 0 Å². The topological polar surface area (TPSA) is 104 Å². The highest BCUT2D eigenvalue weighted by atomic mass is 16.5. The lowest BCUT2D eigenvalue weighted by atomic mass is 9.43. The summed E-state index contributed by atoms with van der Waals surface area (Å²) in [7, 11) is 0. The molecule has 0 bridgehead atoms. The molecule has 0 aromatic carbocycles. The highest BCUT2D eigenvalue weighted by molar-refractivity contribution is 5.97. The molecule has 34 heavy (non-hydrogen) atoms. The van der Waals surface area contributed by atoms with Crippen LogP contribution in [-0.2, 0) is 14.3 Å². The number of rotatable bonds is 3. The van der Waals surface area contributed by atoms with E-state index < -0.39 is 17.1 Å². The molecule has 0 saturated heterocycles. The van der Waals surface area contributed by atoms with Crippen molar-refractivity contribution in [1.29, 1.82) is 0 Å². The van der Waals surface area contributed by atoms with Crippen molar-refractivity contribution >= 4 is 11.8 Å². The van der Waals surface area contributed by atoms with Crippen LogP contribution < -0.4 is 0 Å². The summed E-state index contributed by atoms with van der Waals surface area (Å²) >= 11 is 0. The molecule has 3 saturated carbocycles. The highest BCUT2D eigenvalue weighted by Gasteiger charge is 2.68. The van der Waals surface area contributed by atoms with Gasteiger partial charge in [-0.25, -0.2) is 4.79 Å². The Bertz CT molecular complexity index is 953. The molecule has 10 atom stereocenters. The molecule has 5 aliphatic rings. The Kier molecular flexibility index (Phi) is 5.70. The van der Waals surface area contributed by atoms with E-state index in [-0.39, 0.29) is 41.7 Å². The summed E-state index contributed by atoms with van der Waals surface area (Å²) in [6.45, 7) is 8.16. The molecule has 6 nitrogen and oxygen atoms in total. The predicted octanol–water partition coefficient (Wildman–Crippen LogP) is 3.34. The Morgan fingerprint density at radius 3 is 2.53 bits per heavy atom. The van der Waals surface area contributed by atoms with Crippen LogP contribution in [0.25, 0.3) is 0 Å². The normalized spacial score (nSPS) is 49.3. The van der Waals surface area contributed by atoms with Crippen LogP contribution in [0.1, 0.15) is 72.6 Å². The minimum absolute atomic E-state index is 0.0439. The van der Waals surface area contributed by atoms with Crippen LogP contribution in [0.2, 0.25) is 0 Å². The van der Waals surface area contributed by atoms with Crippen molar-refractivity contribution < 1.29 is 29.6 Å². The monoisotopic (exact) mass is 472 g/mol. The summed E-state index contributed by atoms with van der Waals surface area (Å²) in [4.78, 5) is 25.6. The summed E-state index contributed by atoms with van der Waals surface area (Å²) in [6.07, 6.45) is 7.75. The van der Waals surface area contributed by atoms with Gasteiger partial charge in [0.15, 0.2) is 5.78 Å². The third kappa shape index (κ3) is 3.04. The smallest absolute Gasteiger partial charge is 0.336 e. The number of hydrogen-bond acceptors (Lipinski definition) is 6. The first-order valence-electron chi connectivity index (χ1n) is 13.1. The summed E-state index contributed by atoms with van der Waals surface area (Å²) in [5.74, 6) is 1.07. The molecule has 0 spiro atoms. The van der Waals surface area contributed by atoms with Crippen molar-refractivity contribution in [2.75, 3.05) is 6.61 Å². The van der Waals surface area contributed by atoms with Crippen LogP contribution in [0.15, 0.2) is 23.3 Å². The molecule has 0 amide bonds. The molecule has 3 fully saturated rings. The summed E-state index contributed by atoms with van der Waals surface area (Å²) in [5.41, 5.74) is -0.906. The van der Waals surface area contributed by atoms with E-state index in [4.69, 9.17) is 4.74 Å². The fourth-order valence-electron chi connectivity index (χ4n) is 9.24. The van der Waals surface area contributed by atoms with Crippen molar-refractivity contribution in [2.45, 2.75) is 90.4 Å². The second kappa shape index (κ2) is 8.01. The number of fused-ring (bicyclic) bond motifs is 5. The Labute approximate surface area is 202 Å². The van der Waals surface area contributed by atoms with E-state index in [9.17, 15) is 24.9 Å². The number of esters is 1. The number of ketones is 1. The van der Waals surface area contributed by atoms with Gasteiger partial charge in [0.25, 0.3) is 0 Å². The van der Waals surface area contributed by atoms with Crippen LogP contribution in [0.3, 0.4) is 0 Å². The zero-order chi connectivity index (χ0) is 24.6. The number of aliphatic hydroxyl groups excluding tert-OH is 2. The minimum atomic E-state index is -1.39. The van der Waals surface area contributed by atoms with Gasteiger partial charge in [0.05, 0.1) is 17.6 Å². The molecule has 0 aromatic heterocycles. The molecule has 5 rings (SSSR count). The molecule has 3 unspecified atom stereocenters. The molecule has 6 heteroatoms. The molecule has 3 N–H and O–H groups in total. The average molecular weight is 473 g/mol. The van der Waals surface area contributed by atoms with Crippen LogP contribution in [0.4, 0.5) is 0 Å². The molecule has 1 aliphatic heterocycles. The molecular weight excluding hydrogens is 432 g/mol. The third-order valence-electron chi connectivity index (χ3n) is 11.3. The molecule has 0 aromatic rings. The molecule has 0 radical (unpaired) electrons. The maximum absolute atomic E-state index is 13.2. The second-order valence-electron chi connectivity index (χ2n) is 12.4.